The summed E-state index contributed by atoms with van der Waals surface area (Å²) in [5, 5.41) is 0.922. The van der Waals surface area contributed by atoms with E-state index in [9.17, 15) is 4.79 Å². The molecule has 0 radical (unpaired) electrons. The van der Waals surface area contributed by atoms with Crippen LogP contribution < -0.4 is 0 Å². The highest BCUT2D eigenvalue weighted by Gasteiger charge is 2.18. The quantitative estimate of drug-likeness (QED) is 0.758. The molecule has 16 heavy (non-hydrogen) atoms. The molecule has 0 N–H and O–H groups in total. The fraction of sp³-hybridized carbons (Fsp3) is 0.500. The lowest BCUT2D eigenvalue weighted by Gasteiger charge is -2.19. The highest BCUT2D eigenvalue weighted by Crippen LogP contribution is 2.15. The van der Waals surface area contributed by atoms with Crippen LogP contribution in [0.25, 0.3) is 0 Å². The number of hydrogen-bond acceptors (Lipinski definition) is 3. The van der Waals surface area contributed by atoms with Gasteiger partial charge in [-0.3, -0.25) is 4.79 Å². The Morgan fingerprint density at radius 3 is 2.81 bits per heavy atom. The summed E-state index contributed by atoms with van der Waals surface area (Å²) >= 11 is 8.92. The molecule has 0 aliphatic carbocycles. The van der Waals surface area contributed by atoms with Gasteiger partial charge in [0.1, 0.15) is 0 Å². The summed E-state index contributed by atoms with van der Waals surface area (Å²) in [6.07, 6.45) is 0. The van der Waals surface area contributed by atoms with Gasteiger partial charge in [0, 0.05) is 25.5 Å². The van der Waals surface area contributed by atoms with E-state index in [1.807, 2.05) is 0 Å². The highest BCUT2D eigenvalue weighted by atomic mass is 79.9. The van der Waals surface area contributed by atoms with Gasteiger partial charge in [0.15, 0.2) is 11.0 Å². The predicted molar refractivity (Wildman–Crippen MR) is 65.3 cm³/mol. The van der Waals surface area contributed by atoms with Crippen molar-refractivity contribution in [2.24, 2.45) is 0 Å². The first-order valence-electron chi connectivity index (χ1n) is 4.78. The lowest BCUT2D eigenvalue weighted by Crippen LogP contribution is -2.35. The first kappa shape index (κ1) is 13.5. The van der Waals surface area contributed by atoms with Crippen molar-refractivity contribution in [1.82, 2.24) is 4.90 Å². The Bertz CT molecular complexity index is 343. The molecule has 1 amide bonds. The zero-order valence-corrected chi connectivity index (χ0v) is 11.3. The standard InChI is InChI=1S/C10H13BrClNO3/c1-15-7-6-13(5-4-11)10(14)8-2-3-9(12)16-8/h2-3H,4-7H2,1H3. The van der Waals surface area contributed by atoms with E-state index in [0.717, 1.165) is 0 Å². The third kappa shape index (κ3) is 3.81. The van der Waals surface area contributed by atoms with Crippen LogP contribution in [0, 0.1) is 0 Å². The summed E-state index contributed by atoms with van der Waals surface area (Å²) in [7, 11) is 1.60. The number of hydrogen-bond donors (Lipinski definition) is 0. The van der Waals surface area contributed by atoms with Gasteiger partial charge in [0.2, 0.25) is 0 Å². The number of furan rings is 1. The number of methoxy groups -OCH3 is 1. The number of carbonyl (C=O) groups excluding carboxylic acids is 1. The summed E-state index contributed by atoms with van der Waals surface area (Å²) in [5.41, 5.74) is 0. The minimum Gasteiger partial charge on any atom is -0.440 e. The number of nitrogens with zero attached hydrogens (tertiary/aromatic N) is 1. The van der Waals surface area contributed by atoms with E-state index in [1.54, 1.807) is 24.1 Å². The molecule has 0 aromatic carbocycles. The Morgan fingerprint density at radius 1 is 1.56 bits per heavy atom. The van der Waals surface area contributed by atoms with Crippen molar-refractivity contribution in [3.05, 3.63) is 23.1 Å². The van der Waals surface area contributed by atoms with Gasteiger partial charge >= 0.3 is 0 Å². The van der Waals surface area contributed by atoms with Crippen LogP contribution in [-0.4, -0.2) is 42.9 Å². The van der Waals surface area contributed by atoms with Gasteiger partial charge in [0.05, 0.1) is 6.61 Å². The molecule has 6 heteroatoms. The van der Waals surface area contributed by atoms with Crippen molar-refractivity contribution in [1.29, 1.82) is 0 Å². The van der Waals surface area contributed by atoms with Gasteiger partial charge < -0.3 is 14.1 Å². The SMILES string of the molecule is COCCN(CCBr)C(=O)c1ccc(Cl)o1. The van der Waals surface area contributed by atoms with Gasteiger partial charge in [-0.25, -0.2) is 0 Å². The molecule has 0 unspecified atom stereocenters. The molecule has 0 saturated heterocycles. The molecule has 1 aromatic rings. The summed E-state index contributed by atoms with van der Waals surface area (Å²) in [6, 6.07) is 3.12. The van der Waals surface area contributed by atoms with Crippen molar-refractivity contribution in [2.75, 3.05) is 32.1 Å². The van der Waals surface area contributed by atoms with E-state index >= 15 is 0 Å². The maximum atomic E-state index is 12.0. The first-order chi connectivity index (χ1) is 7.69. The fourth-order valence-corrected chi connectivity index (χ4v) is 1.78. The second-order valence-electron chi connectivity index (χ2n) is 3.08. The summed E-state index contributed by atoms with van der Waals surface area (Å²) < 4.78 is 10.0. The molecule has 0 aliphatic heterocycles. The monoisotopic (exact) mass is 309 g/mol. The average Bonchev–Trinajstić information content (AvgIpc) is 2.70. The molecule has 0 bridgehead atoms. The van der Waals surface area contributed by atoms with Crippen molar-refractivity contribution in [3.8, 4) is 0 Å². The second-order valence-corrected chi connectivity index (χ2v) is 4.24. The number of alkyl halides is 1. The largest absolute Gasteiger partial charge is 0.440 e. The van der Waals surface area contributed by atoms with Crippen LogP contribution in [0.2, 0.25) is 5.22 Å². The van der Waals surface area contributed by atoms with Crippen LogP contribution in [-0.2, 0) is 4.74 Å². The molecule has 0 aliphatic rings. The highest BCUT2D eigenvalue weighted by molar-refractivity contribution is 9.09. The number of amides is 1. The van der Waals surface area contributed by atoms with Crippen LogP contribution in [0.1, 0.15) is 10.6 Å². The van der Waals surface area contributed by atoms with Crippen molar-refractivity contribution in [2.45, 2.75) is 0 Å². The van der Waals surface area contributed by atoms with Gasteiger partial charge in [-0.15, -0.1) is 0 Å². The molecular weight excluding hydrogens is 297 g/mol. The van der Waals surface area contributed by atoms with E-state index in [1.165, 1.54) is 0 Å². The Hall–Kier alpha value is -0.520. The summed E-state index contributed by atoms with van der Waals surface area (Å²) in [4.78, 5) is 13.6. The van der Waals surface area contributed by atoms with Crippen LogP contribution in [0.3, 0.4) is 0 Å². The van der Waals surface area contributed by atoms with E-state index in [2.05, 4.69) is 15.9 Å². The first-order valence-corrected chi connectivity index (χ1v) is 6.28. The van der Waals surface area contributed by atoms with Gasteiger partial charge in [-0.05, 0) is 23.7 Å². The smallest absolute Gasteiger partial charge is 0.289 e. The Morgan fingerprint density at radius 2 is 2.31 bits per heavy atom. The summed E-state index contributed by atoms with van der Waals surface area (Å²) in [6.45, 7) is 1.62. The Balaban J connectivity index is 2.66. The molecule has 1 heterocycles. The molecule has 90 valence electrons. The minimum atomic E-state index is -0.177. The molecule has 0 atom stereocenters. The van der Waals surface area contributed by atoms with E-state index in [0.29, 0.717) is 25.0 Å². The lowest BCUT2D eigenvalue weighted by molar-refractivity contribution is 0.0678. The topological polar surface area (TPSA) is 42.7 Å². The fourth-order valence-electron chi connectivity index (χ4n) is 1.20. The lowest BCUT2D eigenvalue weighted by atomic mass is 10.3. The van der Waals surface area contributed by atoms with Crippen LogP contribution in [0.15, 0.2) is 16.5 Å². The number of rotatable bonds is 6. The third-order valence-corrected chi connectivity index (χ3v) is 2.55. The van der Waals surface area contributed by atoms with Crippen molar-refractivity contribution >= 4 is 33.4 Å². The average molecular weight is 311 g/mol. The molecule has 0 spiro atoms. The van der Waals surface area contributed by atoms with Crippen LogP contribution >= 0.6 is 27.5 Å². The molecule has 1 aromatic heterocycles. The zero-order chi connectivity index (χ0) is 12.0. The van der Waals surface area contributed by atoms with Crippen molar-refractivity contribution < 1.29 is 13.9 Å². The van der Waals surface area contributed by atoms with E-state index in [4.69, 9.17) is 20.8 Å². The minimum absolute atomic E-state index is 0.177. The zero-order valence-electron chi connectivity index (χ0n) is 8.91. The molecule has 0 saturated carbocycles. The van der Waals surface area contributed by atoms with Gasteiger partial charge in [-0.2, -0.15) is 0 Å². The van der Waals surface area contributed by atoms with E-state index in [-0.39, 0.29) is 16.9 Å². The van der Waals surface area contributed by atoms with Crippen LogP contribution in [0.4, 0.5) is 0 Å². The normalized spacial score (nSPS) is 10.4. The Kier molecular flexibility index (Phi) is 5.87. The maximum absolute atomic E-state index is 12.0. The van der Waals surface area contributed by atoms with Crippen molar-refractivity contribution in [3.63, 3.8) is 0 Å². The van der Waals surface area contributed by atoms with Gasteiger partial charge in [0.25, 0.3) is 5.91 Å². The number of carbonyl (C=O) groups is 1. The van der Waals surface area contributed by atoms with Gasteiger partial charge in [-0.1, -0.05) is 15.9 Å². The maximum Gasteiger partial charge on any atom is 0.289 e. The predicted octanol–water partition coefficient (Wildman–Crippen LogP) is 2.42. The number of halogens is 2. The molecule has 4 nitrogen and oxygen atoms in total. The van der Waals surface area contributed by atoms with Crippen LogP contribution in [0.5, 0.6) is 0 Å². The second kappa shape index (κ2) is 6.93. The summed E-state index contributed by atoms with van der Waals surface area (Å²) in [5.74, 6) is 0.0745. The molecular formula is C10H13BrClNO3. The number of ether oxygens (including phenoxy) is 1. The molecule has 1 rings (SSSR count). The Labute approximate surface area is 108 Å². The van der Waals surface area contributed by atoms with E-state index < -0.39 is 0 Å². The third-order valence-electron chi connectivity index (χ3n) is 1.99. The molecule has 0 fully saturated rings.